The summed E-state index contributed by atoms with van der Waals surface area (Å²) < 4.78 is 5.41. The Kier molecular flexibility index (Phi) is 7.58. The maximum absolute atomic E-state index is 13.0. The summed E-state index contributed by atoms with van der Waals surface area (Å²) in [6, 6.07) is 8.96. The van der Waals surface area contributed by atoms with Gasteiger partial charge in [-0.3, -0.25) is 9.59 Å². The van der Waals surface area contributed by atoms with Crippen molar-refractivity contribution in [2.24, 2.45) is 11.8 Å². The largest absolute Gasteiger partial charge is 0.443 e. The van der Waals surface area contributed by atoms with Gasteiger partial charge in [-0.25, -0.2) is 9.69 Å². The second-order valence-corrected chi connectivity index (χ2v) is 9.29. The fourth-order valence-electron chi connectivity index (χ4n) is 3.75. The standard InChI is InChI=1S/C23H33NO5/c1-15(2)11-17-13-19(21(27)24(17)22(28)29-23(3,4)5)20(26)14-18(25)12-16-9-7-6-8-10-16/h6-10,15,17,19-20,26H,11-14H2,1-5H3/t17-,19+,20-/m0/s1. The number of amides is 2. The zero-order valence-electron chi connectivity index (χ0n) is 18.1. The number of likely N-dealkylation sites (tertiary alicyclic amines) is 1. The van der Waals surface area contributed by atoms with Gasteiger partial charge in [-0.15, -0.1) is 0 Å². The van der Waals surface area contributed by atoms with Crippen molar-refractivity contribution in [2.45, 2.75) is 78.0 Å². The van der Waals surface area contributed by atoms with Crippen molar-refractivity contribution in [3.05, 3.63) is 35.9 Å². The molecule has 0 saturated carbocycles. The lowest BCUT2D eigenvalue weighted by molar-refractivity contribution is -0.134. The Hall–Kier alpha value is -2.21. The summed E-state index contributed by atoms with van der Waals surface area (Å²) in [5.74, 6) is -1.09. The van der Waals surface area contributed by atoms with Crippen LogP contribution in [0.25, 0.3) is 0 Å². The van der Waals surface area contributed by atoms with Crippen LogP contribution in [0.4, 0.5) is 4.79 Å². The molecule has 1 aromatic carbocycles. The molecule has 2 rings (SSSR count). The van der Waals surface area contributed by atoms with Crippen LogP contribution in [-0.2, 0) is 20.7 Å². The van der Waals surface area contributed by atoms with Gasteiger partial charge in [0.25, 0.3) is 0 Å². The van der Waals surface area contributed by atoms with Crippen LogP contribution in [0.1, 0.15) is 59.4 Å². The van der Waals surface area contributed by atoms with E-state index in [0.29, 0.717) is 12.8 Å². The molecule has 0 bridgehead atoms. The van der Waals surface area contributed by atoms with E-state index in [1.54, 1.807) is 20.8 Å². The van der Waals surface area contributed by atoms with E-state index in [9.17, 15) is 19.5 Å². The van der Waals surface area contributed by atoms with Gasteiger partial charge in [-0.2, -0.15) is 0 Å². The number of carbonyl (C=O) groups excluding carboxylic acids is 3. The topological polar surface area (TPSA) is 83.9 Å². The number of aliphatic hydroxyl groups excluding tert-OH is 1. The summed E-state index contributed by atoms with van der Waals surface area (Å²) >= 11 is 0. The maximum Gasteiger partial charge on any atom is 0.417 e. The molecule has 0 spiro atoms. The molecule has 1 N–H and O–H groups in total. The molecule has 0 aromatic heterocycles. The molecule has 1 aromatic rings. The van der Waals surface area contributed by atoms with Gasteiger partial charge in [-0.1, -0.05) is 44.2 Å². The summed E-state index contributed by atoms with van der Waals surface area (Å²) in [5.41, 5.74) is 0.151. The monoisotopic (exact) mass is 403 g/mol. The molecule has 160 valence electrons. The van der Waals surface area contributed by atoms with Crippen LogP contribution < -0.4 is 0 Å². The van der Waals surface area contributed by atoms with Gasteiger partial charge in [0.15, 0.2) is 0 Å². The molecule has 0 unspecified atom stereocenters. The van der Waals surface area contributed by atoms with Crippen molar-refractivity contribution in [2.75, 3.05) is 0 Å². The Bertz CT molecular complexity index is 723. The van der Waals surface area contributed by atoms with Crippen molar-refractivity contribution in [1.29, 1.82) is 0 Å². The van der Waals surface area contributed by atoms with Crippen LogP contribution in [0.5, 0.6) is 0 Å². The highest BCUT2D eigenvalue weighted by Crippen LogP contribution is 2.33. The molecule has 6 heteroatoms. The third kappa shape index (κ3) is 6.67. The zero-order chi connectivity index (χ0) is 21.8. The lowest BCUT2D eigenvalue weighted by Crippen LogP contribution is -2.44. The fourth-order valence-corrected chi connectivity index (χ4v) is 3.75. The van der Waals surface area contributed by atoms with E-state index in [1.807, 2.05) is 44.2 Å². The summed E-state index contributed by atoms with van der Waals surface area (Å²) in [7, 11) is 0. The number of nitrogens with zero attached hydrogens (tertiary/aromatic N) is 1. The van der Waals surface area contributed by atoms with Gasteiger partial charge < -0.3 is 9.84 Å². The first-order chi connectivity index (χ1) is 13.5. The van der Waals surface area contributed by atoms with E-state index in [2.05, 4.69) is 0 Å². The van der Waals surface area contributed by atoms with Crippen molar-refractivity contribution in [1.82, 2.24) is 4.90 Å². The first kappa shape index (κ1) is 23.1. The van der Waals surface area contributed by atoms with Crippen LogP contribution in [0, 0.1) is 11.8 Å². The number of benzene rings is 1. The smallest absolute Gasteiger partial charge is 0.417 e. The van der Waals surface area contributed by atoms with Crippen molar-refractivity contribution < 1.29 is 24.2 Å². The van der Waals surface area contributed by atoms with E-state index in [0.717, 1.165) is 10.5 Å². The Morgan fingerprint density at radius 2 is 1.83 bits per heavy atom. The van der Waals surface area contributed by atoms with Crippen LogP contribution in [0.2, 0.25) is 0 Å². The second kappa shape index (κ2) is 9.53. The first-order valence-corrected chi connectivity index (χ1v) is 10.3. The van der Waals surface area contributed by atoms with Gasteiger partial charge in [-0.05, 0) is 45.1 Å². The SMILES string of the molecule is CC(C)C[C@H]1C[C@H]([C@@H](O)CC(=O)Cc2ccccc2)C(=O)N1C(=O)OC(C)(C)C. The highest BCUT2D eigenvalue weighted by atomic mass is 16.6. The number of rotatable bonds is 7. The Morgan fingerprint density at radius 3 is 2.38 bits per heavy atom. The van der Waals surface area contributed by atoms with Gasteiger partial charge in [0.2, 0.25) is 5.91 Å². The highest BCUT2D eigenvalue weighted by Gasteiger charge is 2.47. The molecule has 1 fully saturated rings. The quantitative estimate of drug-likeness (QED) is 0.750. The van der Waals surface area contributed by atoms with Crippen LogP contribution in [0.15, 0.2) is 30.3 Å². The summed E-state index contributed by atoms with van der Waals surface area (Å²) in [6.07, 6.45) is -0.715. The number of ketones is 1. The molecule has 3 atom stereocenters. The number of carbonyl (C=O) groups is 3. The van der Waals surface area contributed by atoms with E-state index in [4.69, 9.17) is 4.74 Å². The van der Waals surface area contributed by atoms with Crippen molar-refractivity contribution >= 4 is 17.8 Å². The van der Waals surface area contributed by atoms with Crippen molar-refractivity contribution in [3.63, 3.8) is 0 Å². The molecule has 2 amide bonds. The molecule has 1 aliphatic rings. The van der Waals surface area contributed by atoms with Crippen LogP contribution in [0.3, 0.4) is 0 Å². The fraction of sp³-hybridized carbons (Fsp3) is 0.609. The first-order valence-electron chi connectivity index (χ1n) is 10.3. The second-order valence-electron chi connectivity index (χ2n) is 9.29. The van der Waals surface area contributed by atoms with Crippen LogP contribution >= 0.6 is 0 Å². The minimum absolute atomic E-state index is 0.109. The minimum atomic E-state index is -1.11. The molecule has 0 aliphatic carbocycles. The zero-order valence-corrected chi connectivity index (χ0v) is 18.1. The van der Waals surface area contributed by atoms with Gasteiger partial charge in [0.05, 0.1) is 12.0 Å². The Labute approximate surface area is 173 Å². The number of ether oxygens (including phenoxy) is 1. The van der Waals surface area contributed by atoms with E-state index < -0.39 is 29.6 Å². The number of hydrogen-bond acceptors (Lipinski definition) is 5. The third-order valence-electron chi connectivity index (χ3n) is 4.92. The summed E-state index contributed by atoms with van der Waals surface area (Å²) in [6.45, 7) is 9.28. The number of imide groups is 1. The predicted molar refractivity (Wildman–Crippen MR) is 110 cm³/mol. The van der Waals surface area contributed by atoms with Crippen molar-refractivity contribution in [3.8, 4) is 0 Å². The lowest BCUT2D eigenvalue weighted by atomic mass is 9.91. The molecule has 6 nitrogen and oxygen atoms in total. The minimum Gasteiger partial charge on any atom is -0.443 e. The van der Waals surface area contributed by atoms with E-state index in [1.165, 1.54) is 0 Å². The molecule has 1 aliphatic heterocycles. The normalized spacial score (nSPS) is 20.8. The average molecular weight is 404 g/mol. The number of aliphatic hydroxyl groups is 1. The number of Topliss-reactive ketones (excluding diaryl/α,β-unsaturated/α-hetero) is 1. The predicted octanol–water partition coefficient (Wildman–Crippen LogP) is 3.75. The molecule has 1 heterocycles. The highest BCUT2D eigenvalue weighted by molar-refractivity contribution is 5.96. The summed E-state index contributed by atoms with van der Waals surface area (Å²) in [5, 5.41) is 10.6. The molecule has 0 radical (unpaired) electrons. The van der Waals surface area contributed by atoms with Crippen LogP contribution in [-0.4, -0.2) is 45.5 Å². The van der Waals surface area contributed by atoms with Gasteiger partial charge in [0, 0.05) is 18.9 Å². The third-order valence-corrected chi connectivity index (χ3v) is 4.92. The average Bonchev–Trinajstić information content (AvgIpc) is 2.89. The Balaban J connectivity index is 2.08. The van der Waals surface area contributed by atoms with Gasteiger partial charge in [0.1, 0.15) is 11.4 Å². The Morgan fingerprint density at radius 1 is 1.21 bits per heavy atom. The van der Waals surface area contributed by atoms with E-state index in [-0.39, 0.29) is 30.6 Å². The molecular weight excluding hydrogens is 370 g/mol. The molecular formula is C23H33NO5. The summed E-state index contributed by atoms with van der Waals surface area (Å²) in [4.78, 5) is 39.1. The van der Waals surface area contributed by atoms with E-state index >= 15 is 0 Å². The van der Waals surface area contributed by atoms with Gasteiger partial charge >= 0.3 is 6.09 Å². The molecule has 29 heavy (non-hydrogen) atoms. The molecule has 1 saturated heterocycles. The maximum atomic E-state index is 13.0. The number of hydrogen-bond donors (Lipinski definition) is 1. The lowest BCUT2D eigenvalue weighted by Gasteiger charge is -2.28.